The number of benzene rings is 2. The van der Waals surface area contributed by atoms with Crippen molar-refractivity contribution in [2.75, 3.05) is 5.32 Å². The van der Waals surface area contributed by atoms with Crippen LogP contribution in [0.5, 0.6) is 0 Å². The van der Waals surface area contributed by atoms with Gasteiger partial charge in [-0.2, -0.15) is 4.80 Å². The molecule has 1 amide bonds. The summed E-state index contributed by atoms with van der Waals surface area (Å²) in [6, 6.07) is 12.7. The molecule has 1 N–H and O–H groups in total. The summed E-state index contributed by atoms with van der Waals surface area (Å²) in [5.74, 6) is -0.239. The monoisotopic (exact) mass is 441 g/mol. The number of anilines is 1. The maximum absolute atomic E-state index is 12.5. The molecule has 0 aliphatic rings. The topological polar surface area (TPSA) is 72.7 Å². The van der Waals surface area contributed by atoms with E-state index in [1.165, 1.54) is 6.20 Å². The summed E-state index contributed by atoms with van der Waals surface area (Å²) in [6.07, 6.45) is 3.15. The number of pyridine rings is 1. The van der Waals surface area contributed by atoms with Crippen molar-refractivity contribution in [2.45, 2.75) is 6.92 Å². The smallest absolute Gasteiger partial charge is 0.257 e. The number of halogens is 2. The molecule has 0 bridgehead atoms. The molecule has 0 unspecified atom stereocenters. The fraction of sp³-hybridized carbons (Fsp3) is 0.0526. The zero-order chi connectivity index (χ0) is 19.0. The lowest BCUT2D eigenvalue weighted by atomic mass is 10.1. The molecule has 4 rings (SSSR count). The van der Waals surface area contributed by atoms with E-state index in [0.717, 1.165) is 21.2 Å². The molecule has 8 heteroatoms. The Kier molecular flexibility index (Phi) is 4.63. The van der Waals surface area contributed by atoms with E-state index in [-0.39, 0.29) is 5.91 Å². The van der Waals surface area contributed by atoms with E-state index in [0.29, 0.717) is 21.8 Å². The number of carbonyl (C=O) groups is 1. The van der Waals surface area contributed by atoms with Crippen LogP contribution in [-0.4, -0.2) is 25.9 Å². The van der Waals surface area contributed by atoms with Gasteiger partial charge in [-0.25, -0.2) is 0 Å². The minimum absolute atomic E-state index is 0.239. The van der Waals surface area contributed by atoms with Gasteiger partial charge in [0.05, 0.1) is 11.3 Å². The second kappa shape index (κ2) is 7.09. The van der Waals surface area contributed by atoms with Crippen LogP contribution in [0.4, 0.5) is 5.69 Å². The second-order valence-electron chi connectivity index (χ2n) is 5.97. The van der Waals surface area contributed by atoms with E-state index in [1.807, 2.05) is 31.2 Å². The van der Waals surface area contributed by atoms with Crippen molar-refractivity contribution >= 4 is 50.2 Å². The minimum Gasteiger partial charge on any atom is -0.322 e. The van der Waals surface area contributed by atoms with Crippen LogP contribution in [0.2, 0.25) is 5.02 Å². The average Bonchev–Trinajstić information content (AvgIpc) is 3.05. The number of hydrogen-bond acceptors (Lipinski definition) is 4. The van der Waals surface area contributed by atoms with E-state index in [9.17, 15) is 4.79 Å². The summed E-state index contributed by atoms with van der Waals surface area (Å²) in [6.45, 7) is 1.91. The highest BCUT2D eigenvalue weighted by Gasteiger charge is 2.12. The van der Waals surface area contributed by atoms with E-state index >= 15 is 0 Å². The first kappa shape index (κ1) is 17.6. The van der Waals surface area contributed by atoms with Crippen LogP contribution >= 0.6 is 27.5 Å². The molecule has 0 aliphatic heterocycles. The Morgan fingerprint density at radius 2 is 1.78 bits per heavy atom. The van der Waals surface area contributed by atoms with Gasteiger partial charge in [-0.05, 0) is 70.9 Å². The number of aryl methyl sites for hydroxylation is 1. The van der Waals surface area contributed by atoms with Crippen molar-refractivity contribution in [1.82, 2.24) is 20.0 Å². The van der Waals surface area contributed by atoms with Gasteiger partial charge in [0.2, 0.25) is 0 Å². The predicted octanol–water partition coefficient (Wildman–Crippen LogP) is 4.79. The Morgan fingerprint density at radius 3 is 2.48 bits per heavy atom. The van der Waals surface area contributed by atoms with Crippen molar-refractivity contribution in [1.29, 1.82) is 0 Å². The third-order valence-electron chi connectivity index (χ3n) is 4.00. The van der Waals surface area contributed by atoms with Gasteiger partial charge in [-0.15, -0.1) is 10.2 Å². The van der Waals surface area contributed by atoms with Crippen molar-refractivity contribution < 1.29 is 4.79 Å². The molecule has 0 aliphatic carbocycles. The fourth-order valence-corrected chi connectivity index (χ4v) is 3.11. The molecule has 0 radical (unpaired) electrons. The minimum atomic E-state index is -0.239. The summed E-state index contributed by atoms with van der Waals surface area (Å²) >= 11 is 9.25. The Bertz CT molecular complexity index is 1160. The van der Waals surface area contributed by atoms with Crippen LogP contribution in [0.15, 0.2) is 59.3 Å². The molecule has 0 atom stereocenters. The van der Waals surface area contributed by atoms with Crippen molar-refractivity contribution in [3.8, 4) is 5.69 Å². The third-order valence-corrected chi connectivity index (χ3v) is 4.68. The predicted molar refractivity (Wildman–Crippen MR) is 109 cm³/mol. The highest BCUT2D eigenvalue weighted by Crippen LogP contribution is 2.23. The molecule has 2 aromatic heterocycles. The van der Waals surface area contributed by atoms with Crippen LogP contribution in [0, 0.1) is 6.92 Å². The number of carbonyl (C=O) groups excluding carboxylic acids is 1. The third kappa shape index (κ3) is 3.70. The molecule has 0 fully saturated rings. The normalized spacial score (nSPS) is 10.9. The molecular weight excluding hydrogens is 430 g/mol. The molecule has 6 nitrogen and oxygen atoms in total. The molecule has 0 saturated carbocycles. The number of aromatic nitrogens is 4. The van der Waals surface area contributed by atoms with E-state index in [4.69, 9.17) is 11.6 Å². The molecule has 27 heavy (non-hydrogen) atoms. The van der Waals surface area contributed by atoms with Gasteiger partial charge >= 0.3 is 0 Å². The molecular formula is C19H13BrClN5O. The first-order valence-electron chi connectivity index (χ1n) is 8.05. The lowest BCUT2D eigenvalue weighted by Gasteiger charge is -2.08. The summed E-state index contributed by atoms with van der Waals surface area (Å²) in [5, 5.41) is 12.6. The van der Waals surface area contributed by atoms with Crippen LogP contribution in [0.1, 0.15) is 15.9 Å². The lowest BCUT2D eigenvalue weighted by Crippen LogP contribution is -2.13. The quantitative estimate of drug-likeness (QED) is 0.495. The molecule has 2 heterocycles. The Labute approximate surface area is 168 Å². The Balaban J connectivity index is 1.67. The molecule has 0 saturated heterocycles. The SMILES string of the molecule is Cc1cc2nn(-c3ccc(Cl)cc3)nc2cc1NC(=O)c1cncc(Br)c1. The summed E-state index contributed by atoms with van der Waals surface area (Å²) in [4.78, 5) is 18.1. The fourth-order valence-electron chi connectivity index (χ4n) is 2.62. The number of fused-ring (bicyclic) bond motifs is 1. The number of hydrogen-bond donors (Lipinski definition) is 1. The first-order chi connectivity index (χ1) is 13.0. The number of nitrogens with one attached hydrogen (secondary N) is 1. The van der Waals surface area contributed by atoms with Crippen LogP contribution < -0.4 is 5.32 Å². The van der Waals surface area contributed by atoms with Crippen molar-refractivity contribution in [2.24, 2.45) is 0 Å². The van der Waals surface area contributed by atoms with Gasteiger partial charge in [0.15, 0.2) is 0 Å². The largest absolute Gasteiger partial charge is 0.322 e. The summed E-state index contributed by atoms with van der Waals surface area (Å²) in [5.41, 5.74) is 4.26. The number of amides is 1. The van der Waals surface area contributed by atoms with Crippen LogP contribution in [-0.2, 0) is 0 Å². The highest BCUT2D eigenvalue weighted by atomic mass is 79.9. The van der Waals surface area contributed by atoms with Crippen molar-refractivity contribution in [3.05, 3.63) is 75.5 Å². The van der Waals surface area contributed by atoms with E-state index < -0.39 is 0 Å². The van der Waals surface area contributed by atoms with Crippen LogP contribution in [0.3, 0.4) is 0 Å². The standard InChI is InChI=1S/C19H13BrClN5O/c1-11-6-17-18(25-26(24-17)15-4-2-14(21)3-5-15)8-16(11)23-19(27)12-7-13(20)10-22-9-12/h2-10H,1H3,(H,23,27). The van der Waals surface area contributed by atoms with Gasteiger partial charge in [0, 0.05) is 27.6 Å². The maximum Gasteiger partial charge on any atom is 0.257 e. The summed E-state index contributed by atoms with van der Waals surface area (Å²) < 4.78 is 0.744. The molecule has 4 aromatic rings. The molecule has 134 valence electrons. The second-order valence-corrected chi connectivity index (χ2v) is 7.32. The molecule has 0 spiro atoms. The van der Waals surface area contributed by atoms with Crippen LogP contribution in [0.25, 0.3) is 16.7 Å². The van der Waals surface area contributed by atoms with Gasteiger partial charge in [0.1, 0.15) is 11.0 Å². The van der Waals surface area contributed by atoms with Gasteiger partial charge in [0.25, 0.3) is 5.91 Å². The number of nitrogens with zero attached hydrogens (tertiary/aromatic N) is 4. The summed E-state index contributed by atoms with van der Waals surface area (Å²) in [7, 11) is 0. The molecule has 2 aromatic carbocycles. The van der Waals surface area contributed by atoms with E-state index in [1.54, 1.807) is 29.2 Å². The Hall–Kier alpha value is -2.77. The van der Waals surface area contributed by atoms with Crippen molar-refractivity contribution in [3.63, 3.8) is 0 Å². The van der Waals surface area contributed by atoms with Gasteiger partial charge in [-0.1, -0.05) is 11.6 Å². The zero-order valence-corrected chi connectivity index (χ0v) is 16.5. The maximum atomic E-state index is 12.5. The van der Waals surface area contributed by atoms with Gasteiger partial charge in [-0.3, -0.25) is 9.78 Å². The highest BCUT2D eigenvalue weighted by molar-refractivity contribution is 9.10. The lowest BCUT2D eigenvalue weighted by molar-refractivity contribution is 0.102. The number of rotatable bonds is 3. The van der Waals surface area contributed by atoms with Gasteiger partial charge < -0.3 is 5.32 Å². The first-order valence-corrected chi connectivity index (χ1v) is 9.22. The average molecular weight is 443 g/mol. The Morgan fingerprint density at radius 1 is 1.07 bits per heavy atom. The van der Waals surface area contributed by atoms with E-state index in [2.05, 4.69) is 36.4 Å². The zero-order valence-electron chi connectivity index (χ0n) is 14.1.